The number of carbonyl (C=O) groups is 2. The second-order valence-corrected chi connectivity index (χ2v) is 5.80. The summed E-state index contributed by atoms with van der Waals surface area (Å²) in [4.78, 5) is 26.6. The molecule has 1 rings (SSSR count). The molecule has 5 nitrogen and oxygen atoms in total. The lowest BCUT2D eigenvalue weighted by Crippen LogP contribution is -2.51. The number of thioether (sulfide) groups is 1. The summed E-state index contributed by atoms with van der Waals surface area (Å²) < 4.78 is 0. The summed E-state index contributed by atoms with van der Waals surface area (Å²) in [7, 11) is 0. The Morgan fingerprint density at radius 2 is 2.17 bits per heavy atom. The molecule has 0 aromatic carbocycles. The van der Waals surface area contributed by atoms with E-state index in [1.165, 1.54) is 16.7 Å². The SMILES string of the molecule is C=C(C)CN(CC)C(=O)N1C(C)SCC1C(=O)O. The van der Waals surface area contributed by atoms with Crippen LogP contribution in [0.15, 0.2) is 12.2 Å². The third-order valence-corrected chi connectivity index (χ3v) is 4.06. The number of likely N-dealkylation sites (N-methyl/N-ethyl adjacent to an activating group) is 1. The van der Waals surface area contributed by atoms with Gasteiger partial charge in [-0.05, 0) is 20.8 Å². The van der Waals surface area contributed by atoms with Gasteiger partial charge in [0.05, 0.1) is 5.37 Å². The van der Waals surface area contributed by atoms with Crippen molar-refractivity contribution in [2.45, 2.75) is 32.2 Å². The minimum atomic E-state index is -0.938. The van der Waals surface area contributed by atoms with Gasteiger partial charge in [0.2, 0.25) is 0 Å². The molecule has 0 saturated carbocycles. The lowest BCUT2D eigenvalue weighted by atomic mass is 10.2. The van der Waals surface area contributed by atoms with Crippen LogP contribution in [-0.2, 0) is 4.79 Å². The molecule has 1 aliphatic rings. The average molecular weight is 272 g/mol. The van der Waals surface area contributed by atoms with Crippen molar-refractivity contribution in [3.63, 3.8) is 0 Å². The van der Waals surface area contributed by atoms with E-state index in [9.17, 15) is 9.59 Å². The fraction of sp³-hybridized carbons (Fsp3) is 0.667. The number of amides is 2. The Hall–Kier alpha value is -1.17. The fourth-order valence-corrected chi connectivity index (χ4v) is 3.09. The van der Waals surface area contributed by atoms with Gasteiger partial charge < -0.3 is 10.0 Å². The zero-order chi connectivity index (χ0) is 13.9. The van der Waals surface area contributed by atoms with Crippen LogP contribution < -0.4 is 0 Å². The van der Waals surface area contributed by atoms with Gasteiger partial charge in [-0.3, -0.25) is 4.90 Å². The van der Waals surface area contributed by atoms with Crippen LogP contribution in [0.4, 0.5) is 4.79 Å². The maximum Gasteiger partial charge on any atom is 0.327 e. The number of rotatable bonds is 4. The monoisotopic (exact) mass is 272 g/mol. The van der Waals surface area contributed by atoms with Crippen molar-refractivity contribution < 1.29 is 14.7 Å². The van der Waals surface area contributed by atoms with E-state index in [1.54, 1.807) is 4.90 Å². The van der Waals surface area contributed by atoms with Crippen LogP contribution in [0.5, 0.6) is 0 Å². The maximum atomic E-state index is 12.4. The van der Waals surface area contributed by atoms with Gasteiger partial charge in [-0.1, -0.05) is 12.2 Å². The molecule has 0 aliphatic carbocycles. The number of carbonyl (C=O) groups excluding carboxylic acids is 1. The molecule has 0 radical (unpaired) electrons. The largest absolute Gasteiger partial charge is 0.480 e. The standard InChI is InChI=1S/C12H20N2O3S/c1-5-13(6-8(2)3)12(17)14-9(4)18-7-10(14)11(15)16/h9-10H,2,5-7H2,1,3-4H3,(H,15,16). The molecule has 2 amide bonds. The number of aliphatic carboxylic acids is 1. The van der Waals surface area contributed by atoms with E-state index in [-0.39, 0.29) is 11.4 Å². The molecule has 0 bridgehead atoms. The quantitative estimate of drug-likeness (QED) is 0.793. The molecule has 6 heteroatoms. The van der Waals surface area contributed by atoms with Crippen molar-refractivity contribution >= 4 is 23.8 Å². The smallest absolute Gasteiger partial charge is 0.327 e. The van der Waals surface area contributed by atoms with E-state index in [0.29, 0.717) is 18.8 Å². The first kappa shape index (κ1) is 14.9. The van der Waals surface area contributed by atoms with E-state index in [1.807, 2.05) is 20.8 Å². The Morgan fingerprint density at radius 3 is 2.61 bits per heavy atom. The highest BCUT2D eigenvalue weighted by molar-refractivity contribution is 8.00. The molecule has 1 saturated heterocycles. The van der Waals surface area contributed by atoms with Gasteiger partial charge >= 0.3 is 12.0 Å². The summed E-state index contributed by atoms with van der Waals surface area (Å²) in [6.07, 6.45) is 0. The van der Waals surface area contributed by atoms with Gasteiger partial charge in [-0.15, -0.1) is 11.8 Å². The van der Waals surface area contributed by atoms with Gasteiger partial charge in [0, 0.05) is 18.8 Å². The third-order valence-electron chi connectivity index (χ3n) is 2.84. The summed E-state index contributed by atoms with van der Waals surface area (Å²) in [5.74, 6) is -0.487. The minimum Gasteiger partial charge on any atom is -0.480 e. The lowest BCUT2D eigenvalue weighted by Gasteiger charge is -2.31. The van der Waals surface area contributed by atoms with Crippen molar-refractivity contribution in [3.8, 4) is 0 Å². The van der Waals surface area contributed by atoms with Gasteiger partial charge in [-0.2, -0.15) is 0 Å². The molecule has 18 heavy (non-hydrogen) atoms. The van der Waals surface area contributed by atoms with Crippen LogP contribution in [0.25, 0.3) is 0 Å². The molecular weight excluding hydrogens is 252 g/mol. The molecule has 1 heterocycles. The van der Waals surface area contributed by atoms with Crippen molar-refractivity contribution in [1.29, 1.82) is 0 Å². The molecule has 102 valence electrons. The summed E-state index contributed by atoms with van der Waals surface area (Å²) in [6, 6.07) is -0.943. The molecule has 2 unspecified atom stereocenters. The average Bonchev–Trinajstić information content (AvgIpc) is 2.66. The maximum absolute atomic E-state index is 12.4. The highest BCUT2D eigenvalue weighted by Gasteiger charge is 2.40. The topological polar surface area (TPSA) is 60.9 Å². The van der Waals surface area contributed by atoms with E-state index in [0.717, 1.165) is 5.57 Å². The molecule has 0 spiro atoms. The van der Waals surface area contributed by atoms with E-state index < -0.39 is 12.0 Å². The summed E-state index contributed by atoms with van der Waals surface area (Å²) in [5, 5.41) is 9.04. The number of carboxylic acid groups (broad SMARTS) is 1. The number of urea groups is 1. The third kappa shape index (κ3) is 3.19. The van der Waals surface area contributed by atoms with Crippen molar-refractivity contribution in [1.82, 2.24) is 9.80 Å². The highest BCUT2D eigenvalue weighted by Crippen LogP contribution is 2.29. The first-order valence-electron chi connectivity index (χ1n) is 5.94. The molecule has 1 aliphatic heterocycles. The molecular formula is C12H20N2O3S. The van der Waals surface area contributed by atoms with Gasteiger partial charge in [0.1, 0.15) is 6.04 Å². The van der Waals surface area contributed by atoms with Gasteiger partial charge in [0.15, 0.2) is 0 Å². The van der Waals surface area contributed by atoms with E-state index in [4.69, 9.17) is 5.11 Å². The van der Waals surface area contributed by atoms with E-state index in [2.05, 4.69) is 6.58 Å². The van der Waals surface area contributed by atoms with Crippen LogP contribution in [-0.4, -0.2) is 57.2 Å². The van der Waals surface area contributed by atoms with Crippen molar-refractivity contribution in [2.24, 2.45) is 0 Å². The lowest BCUT2D eigenvalue weighted by molar-refractivity contribution is -0.141. The Morgan fingerprint density at radius 1 is 1.56 bits per heavy atom. The summed E-state index contributed by atoms with van der Waals surface area (Å²) in [6.45, 7) is 10.4. The summed E-state index contributed by atoms with van der Waals surface area (Å²) >= 11 is 1.49. The van der Waals surface area contributed by atoms with Crippen LogP contribution in [0.3, 0.4) is 0 Å². The number of carboxylic acids is 1. The second-order valence-electron chi connectivity index (χ2n) is 4.45. The number of hydrogen-bond donors (Lipinski definition) is 1. The van der Waals surface area contributed by atoms with Crippen LogP contribution >= 0.6 is 11.8 Å². The normalized spacial score (nSPS) is 22.9. The predicted octanol–water partition coefficient (Wildman–Crippen LogP) is 1.85. The van der Waals surface area contributed by atoms with Crippen LogP contribution in [0.2, 0.25) is 0 Å². The molecule has 0 aromatic heterocycles. The Bertz CT molecular complexity index is 359. The van der Waals surface area contributed by atoms with E-state index >= 15 is 0 Å². The minimum absolute atomic E-state index is 0.0993. The second kappa shape index (κ2) is 6.13. The molecule has 2 atom stereocenters. The van der Waals surface area contributed by atoms with Crippen molar-refractivity contribution in [2.75, 3.05) is 18.8 Å². The zero-order valence-corrected chi connectivity index (χ0v) is 11.9. The Balaban J connectivity index is 2.85. The zero-order valence-electron chi connectivity index (χ0n) is 11.0. The van der Waals surface area contributed by atoms with Crippen LogP contribution in [0, 0.1) is 0 Å². The highest BCUT2D eigenvalue weighted by atomic mass is 32.2. The predicted molar refractivity (Wildman–Crippen MR) is 72.6 cm³/mol. The Labute approximate surface area is 112 Å². The number of nitrogens with zero attached hydrogens (tertiary/aromatic N) is 2. The van der Waals surface area contributed by atoms with Crippen LogP contribution in [0.1, 0.15) is 20.8 Å². The Kier molecular flexibility index (Phi) is 5.07. The molecule has 1 fully saturated rings. The fourth-order valence-electron chi connectivity index (χ4n) is 1.93. The number of hydrogen-bond acceptors (Lipinski definition) is 3. The molecule has 0 aromatic rings. The van der Waals surface area contributed by atoms with Gasteiger partial charge in [0.25, 0.3) is 0 Å². The first-order chi connectivity index (χ1) is 8.38. The summed E-state index contributed by atoms with van der Waals surface area (Å²) in [5.41, 5.74) is 0.886. The first-order valence-corrected chi connectivity index (χ1v) is 6.99. The van der Waals surface area contributed by atoms with Crippen molar-refractivity contribution in [3.05, 3.63) is 12.2 Å². The van der Waals surface area contributed by atoms with Gasteiger partial charge in [-0.25, -0.2) is 9.59 Å². The molecule has 1 N–H and O–H groups in total.